The van der Waals surface area contributed by atoms with Gasteiger partial charge in [0, 0.05) is 29.4 Å². The van der Waals surface area contributed by atoms with E-state index in [1.54, 1.807) is 54.6 Å². The van der Waals surface area contributed by atoms with Crippen LogP contribution in [0, 0.1) is 10.1 Å². The lowest BCUT2D eigenvalue weighted by atomic mass is 10.1. The molecular weight excluding hydrogens is 564 g/mol. The third-order valence-corrected chi connectivity index (χ3v) is 6.61. The van der Waals surface area contributed by atoms with E-state index in [9.17, 15) is 19.7 Å². The molecule has 0 atom stereocenters. The number of anilines is 1. The molecule has 0 fully saturated rings. The predicted molar refractivity (Wildman–Crippen MR) is 169 cm³/mol. The molecule has 0 amide bonds. The molecule has 44 heavy (non-hydrogen) atoms. The lowest BCUT2D eigenvalue weighted by molar-refractivity contribution is -0.384. The third kappa shape index (κ3) is 6.29. The molecule has 6 rings (SSSR count). The fourth-order valence-corrected chi connectivity index (χ4v) is 4.61. The summed E-state index contributed by atoms with van der Waals surface area (Å²) in [6.45, 7) is 4.72. The van der Waals surface area contributed by atoms with Crippen LogP contribution in [0.4, 0.5) is 11.4 Å². The SMILES string of the molecule is CCOc1ccc(N)c(-c2cc(=O)c3ccccc3o2)c1.CCOc1ccc([N+](=O)[O-])c(-c2cc(=O)c3ccccc3o2)c1. The first-order valence-corrected chi connectivity index (χ1v) is 13.8. The molecule has 222 valence electrons. The number of ether oxygens (including phenoxy) is 2. The summed E-state index contributed by atoms with van der Waals surface area (Å²) in [5.41, 5.74) is 7.84. The first-order chi connectivity index (χ1) is 21.3. The zero-order valence-electron chi connectivity index (χ0n) is 23.9. The first-order valence-electron chi connectivity index (χ1n) is 13.8. The van der Waals surface area contributed by atoms with E-state index < -0.39 is 4.92 Å². The van der Waals surface area contributed by atoms with Crippen LogP contribution in [0.2, 0.25) is 0 Å². The molecular formula is C34H28N2O8. The van der Waals surface area contributed by atoms with Gasteiger partial charge in [-0.15, -0.1) is 0 Å². The Bertz CT molecular complexity index is 2100. The third-order valence-electron chi connectivity index (χ3n) is 6.61. The number of para-hydroxylation sites is 2. The van der Waals surface area contributed by atoms with Crippen LogP contribution in [0.1, 0.15) is 13.8 Å². The van der Waals surface area contributed by atoms with Gasteiger partial charge in [-0.2, -0.15) is 0 Å². The van der Waals surface area contributed by atoms with E-state index in [4.69, 9.17) is 24.0 Å². The number of nitro benzene ring substituents is 1. The summed E-state index contributed by atoms with van der Waals surface area (Å²) < 4.78 is 22.3. The van der Waals surface area contributed by atoms with E-state index in [1.807, 2.05) is 26.0 Å². The van der Waals surface area contributed by atoms with Crippen LogP contribution in [0.15, 0.2) is 115 Å². The Balaban J connectivity index is 0.000000175. The van der Waals surface area contributed by atoms with Crippen LogP contribution >= 0.6 is 0 Å². The second-order valence-corrected chi connectivity index (χ2v) is 9.49. The van der Waals surface area contributed by atoms with E-state index in [0.717, 1.165) is 0 Å². The summed E-state index contributed by atoms with van der Waals surface area (Å²) in [6.07, 6.45) is 0. The molecule has 2 heterocycles. The topological polar surface area (TPSA) is 148 Å². The largest absolute Gasteiger partial charge is 0.494 e. The normalized spacial score (nSPS) is 10.7. The molecule has 2 aromatic heterocycles. The lowest BCUT2D eigenvalue weighted by Crippen LogP contribution is -2.01. The van der Waals surface area contributed by atoms with Gasteiger partial charge in [-0.05, 0) is 68.4 Å². The molecule has 6 aromatic rings. The highest BCUT2D eigenvalue weighted by Crippen LogP contribution is 2.34. The maximum absolute atomic E-state index is 12.2. The number of nitrogens with two attached hydrogens (primary N) is 1. The minimum Gasteiger partial charge on any atom is -0.494 e. The van der Waals surface area contributed by atoms with Crippen molar-refractivity contribution in [1.29, 1.82) is 0 Å². The van der Waals surface area contributed by atoms with Gasteiger partial charge >= 0.3 is 0 Å². The molecule has 2 N–H and O–H groups in total. The average Bonchev–Trinajstić information content (AvgIpc) is 3.02. The van der Waals surface area contributed by atoms with Crippen molar-refractivity contribution in [2.75, 3.05) is 18.9 Å². The number of hydrogen-bond acceptors (Lipinski definition) is 9. The van der Waals surface area contributed by atoms with Crippen molar-refractivity contribution in [2.45, 2.75) is 13.8 Å². The fourth-order valence-electron chi connectivity index (χ4n) is 4.61. The minimum atomic E-state index is -0.514. The van der Waals surface area contributed by atoms with E-state index in [0.29, 0.717) is 63.7 Å². The molecule has 10 nitrogen and oxygen atoms in total. The summed E-state index contributed by atoms with van der Waals surface area (Å²) in [7, 11) is 0. The van der Waals surface area contributed by atoms with Gasteiger partial charge in [0.1, 0.15) is 34.2 Å². The van der Waals surface area contributed by atoms with Crippen LogP contribution in [0.25, 0.3) is 44.6 Å². The summed E-state index contributed by atoms with van der Waals surface area (Å²) in [5, 5.41) is 12.2. The summed E-state index contributed by atoms with van der Waals surface area (Å²) in [6, 6.07) is 26.3. The molecule has 0 spiro atoms. The number of fused-ring (bicyclic) bond motifs is 2. The Morgan fingerprint density at radius 3 is 1.68 bits per heavy atom. The Hall–Kier alpha value is -5.90. The number of hydrogen-bond donors (Lipinski definition) is 1. The standard InChI is InChI=1S/C17H13NO5.C17H15NO3/c1-2-22-11-7-8-14(18(20)21)13(9-11)17-10-15(19)12-5-3-4-6-16(12)23-17;1-2-20-11-7-8-14(18)13(9-11)17-10-15(19)12-5-3-4-6-16(12)21-17/h3-10H,2H2,1H3;3-10H,2,18H2,1H3. The summed E-state index contributed by atoms with van der Waals surface area (Å²) >= 11 is 0. The van der Waals surface area contributed by atoms with Crippen LogP contribution < -0.4 is 26.1 Å². The molecule has 0 aliphatic carbocycles. The van der Waals surface area contributed by atoms with Crippen LogP contribution in [0.3, 0.4) is 0 Å². The molecule has 0 unspecified atom stereocenters. The fraction of sp³-hybridized carbons (Fsp3) is 0.118. The van der Waals surface area contributed by atoms with Crippen molar-refractivity contribution in [2.24, 2.45) is 0 Å². The highest BCUT2D eigenvalue weighted by atomic mass is 16.6. The van der Waals surface area contributed by atoms with Crippen molar-refractivity contribution < 1.29 is 23.2 Å². The van der Waals surface area contributed by atoms with Crippen molar-refractivity contribution >= 4 is 33.3 Å². The molecule has 0 saturated carbocycles. The maximum Gasteiger partial charge on any atom is 0.280 e. The van der Waals surface area contributed by atoms with Crippen LogP contribution in [-0.4, -0.2) is 18.1 Å². The molecule has 0 radical (unpaired) electrons. The van der Waals surface area contributed by atoms with Crippen LogP contribution in [0.5, 0.6) is 11.5 Å². The summed E-state index contributed by atoms with van der Waals surface area (Å²) in [5.74, 6) is 1.75. The van der Waals surface area contributed by atoms with Crippen LogP contribution in [-0.2, 0) is 0 Å². The smallest absolute Gasteiger partial charge is 0.280 e. The van der Waals surface area contributed by atoms with Gasteiger partial charge in [-0.25, -0.2) is 0 Å². The summed E-state index contributed by atoms with van der Waals surface area (Å²) in [4.78, 5) is 35.1. The van der Waals surface area contributed by atoms with Gasteiger partial charge in [-0.3, -0.25) is 19.7 Å². The predicted octanol–water partition coefficient (Wildman–Crippen LogP) is 7.21. The number of rotatable bonds is 7. The molecule has 0 aliphatic heterocycles. The number of nitrogens with zero attached hydrogens (tertiary/aromatic N) is 1. The zero-order valence-corrected chi connectivity index (χ0v) is 23.9. The van der Waals surface area contributed by atoms with Gasteiger partial charge in [0.2, 0.25) is 0 Å². The van der Waals surface area contributed by atoms with Gasteiger partial charge < -0.3 is 24.0 Å². The van der Waals surface area contributed by atoms with Gasteiger partial charge in [0.25, 0.3) is 5.69 Å². The van der Waals surface area contributed by atoms with Gasteiger partial charge in [0.05, 0.1) is 34.5 Å². The zero-order chi connectivity index (χ0) is 31.2. The first kappa shape index (κ1) is 29.6. The van der Waals surface area contributed by atoms with Gasteiger partial charge in [0.15, 0.2) is 10.9 Å². The van der Waals surface area contributed by atoms with Crippen molar-refractivity contribution in [3.8, 4) is 34.1 Å². The number of nitro groups is 1. The number of benzene rings is 4. The second-order valence-electron chi connectivity index (χ2n) is 9.49. The second kappa shape index (κ2) is 13.0. The lowest BCUT2D eigenvalue weighted by Gasteiger charge is -2.09. The average molecular weight is 593 g/mol. The van der Waals surface area contributed by atoms with Crippen molar-refractivity contribution in [1.82, 2.24) is 0 Å². The highest BCUT2D eigenvalue weighted by molar-refractivity contribution is 5.82. The number of nitrogen functional groups attached to an aromatic ring is 1. The van der Waals surface area contributed by atoms with E-state index in [1.165, 1.54) is 30.3 Å². The Morgan fingerprint density at radius 2 is 1.16 bits per heavy atom. The van der Waals surface area contributed by atoms with E-state index in [-0.39, 0.29) is 27.9 Å². The molecule has 0 bridgehead atoms. The molecule has 0 saturated heterocycles. The highest BCUT2D eigenvalue weighted by Gasteiger charge is 2.20. The van der Waals surface area contributed by atoms with Crippen molar-refractivity contribution in [3.05, 3.63) is 128 Å². The Labute approximate surface area is 251 Å². The quantitative estimate of drug-likeness (QED) is 0.115. The van der Waals surface area contributed by atoms with E-state index >= 15 is 0 Å². The Morgan fingerprint density at radius 1 is 0.682 bits per heavy atom. The van der Waals surface area contributed by atoms with E-state index in [2.05, 4.69) is 0 Å². The molecule has 10 heteroatoms. The van der Waals surface area contributed by atoms with Gasteiger partial charge in [-0.1, -0.05) is 24.3 Å². The monoisotopic (exact) mass is 592 g/mol. The molecule has 4 aromatic carbocycles. The van der Waals surface area contributed by atoms with Crippen molar-refractivity contribution in [3.63, 3.8) is 0 Å². The minimum absolute atomic E-state index is 0.0898. The maximum atomic E-state index is 12.2. The molecule has 0 aliphatic rings. The Kier molecular flexibility index (Phi) is 8.71.